The highest BCUT2D eigenvalue weighted by atomic mass is 16.6. The van der Waals surface area contributed by atoms with Crippen LogP contribution in [0.5, 0.6) is 17.6 Å². The van der Waals surface area contributed by atoms with Gasteiger partial charge in [0.05, 0.1) is 36.6 Å². The van der Waals surface area contributed by atoms with Crippen molar-refractivity contribution < 1.29 is 28.8 Å². The summed E-state index contributed by atoms with van der Waals surface area (Å²) in [5, 5.41) is 18.0. The molecule has 1 N–H and O–H groups in total. The molecule has 2 saturated carbocycles. The maximum atomic E-state index is 11.6. The summed E-state index contributed by atoms with van der Waals surface area (Å²) < 4.78 is 25.0. The van der Waals surface area contributed by atoms with E-state index in [1.165, 1.54) is 0 Å². The third-order valence-corrected chi connectivity index (χ3v) is 8.03. The van der Waals surface area contributed by atoms with Gasteiger partial charge >= 0.3 is 12.0 Å². The van der Waals surface area contributed by atoms with Crippen LogP contribution in [-0.2, 0) is 23.2 Å². The van der Waals surface area contributed by atoms with Crippen molar-refractivity contribution in [2.45, 2.75) is 57.8 Å². The molecule has 3 fully saturated rings. The summed E-state index contributed by atoms with van der Waals surface area (Å²) >= 11 is 0. The van der Waals surface area contributed by atoms with Crippen LogP contribution in [0.4, 0.5) is 0 Å². The predicted molar refractivity (Wildman–Crippen MR) is 136 cm³/mol. The van der Waals surface area contributed by atoms with E-state index < -0.39 is 5.97 Å². The van der Waals surface area contributed by atoms with Gasteiger partial charge in [0, 0.05) is 25.7 Å². The molecule has 6 rings (SSSR count). The van der Waals surface area contributed by atoms with E-state index in [0.29, 0.717) is 42.1 Å². The third kappa shape index (κ3) is 5.38. The van der Waals surface area contributed by atoms with Crippen LogP contribution in [-0.4, -0.2) is 66.4 Å². The number of rotatable bonds is 9. The molecule has 5 atom stereocenters. The maximum absolute atomic E-state index is 11.6. The SMILES string of the molecule is Cc1nc(-c2nnn(C)c2COc2nccc(O[C@@H]3CCOC3)n2)ccc1O[C@H]1C[C@@H]2CC[C@@H](C(=O)O)[C@@H]2C1. The monoisotopic (exact) mass is 536 g/mol. The molecule has 4 heterocycles. The van der Waals surface area contributed by atoms with E-state index in [1.54, 1.807) is 24.0 Å². The smallest absolute Gasteiger partial charge is 0.320 e. The Labute approximate surface area is 225 Å². The lowest BCUT2D eigenvalue weighted by molar-refractivity contribution is -0.143. The Bertz CT molecular complexity index is 1340. The number of carboxylic acids is 1. The molecule has 0 radical (unpaired) electrons. The second-order valence-corrected chi connectivity index (χ2v) is 10.5. The minimum absolute atomic E-state index is 0.00918. The van der Waals surface area contributed by atoms with Crippen molar-refractivity contribution >= 4 is 5.97 Å². The average Bonchev–Trinajstić information content (AvgIpc) is 3.70. The highest BCUT2D eigenvalue weighted by molar-refractivity contribution is 5.71. The highest BCUT2D eigenvalue weighted by Crippen LogP contribution is 2.48. The Hall–Kier alpha value is -3.80. The van der Waals surface area contributed by atoms with E-state index in [4.69, 9.17) is 23.9 Å². The van der Waals surface area contributed by atoms with E-state index in [1.807, 2.05) is 19.1 Å². The minimum Gasteiger partial charge on any atom is -0.489 e. The zero-order chi connectivity index (χ0) is 26.9. The van der Waals surface area contributed by atoms with Gasteiger partial charge in [-0.3, -0.25) is 4.79 Å². The fourth-order valence-corrected chi connectivity index (χ4v) is 6.03. The number of aliphatic carboxylic acids is 1. The van der Waals surface area contributed by atoms with Gasteiger partial charge in [-0.05, 0) is 56.6 Å². The van der Waals surface area contributed by atoms with Crippen LogP contribution in [0.25, 0.3) is 11.4 Å². The van der Waals surface area contributed by atoms with Gasteiger partial charge in [-0.25, -0.2) is 14.6 Å². The van der Waals surface area contributed by atoms with Crippen LogP contribution < -0.4 is 14.2 Å². The van der Waals surface area contributed by atoms with Crippen LogP contribution in [0, 0.1) is 24.7 Å². The number of carboxylic acid groups (broad SMARTS) is 1. The molecule has 0 amide bonds. The van der Waals surface area contributed by atoms with Gasteiger partial charge in [0.15, 0.2) is 0 Å². The number of aromatic nitrogens is 6. The summed E-state index contributed by atoms with van der Waals surface area (Å²) in [5.74, 6) is 0.853. The normalized spacial score (nSPS) is 25.9. The summed E-state index contributed by atoms with van der Waals surface area (Å²) in [6.45, 7) is 3.28. The molecule has 3 aliphatic rings. The first-order chi connectivity index (χ1) is 18.9. The Morgan fingerprint density at radius 2 is 2.03 bits per heavy atom. The standard InChI is InChI=1S/C27H32N6O6/c1-15-23(38-18-11-16-3-4-19(26(34)35)20(16)12-18)6-5-21(29-15)25-22(33(2)32-31-25)14-37-27-28-9-7-24(30-27)39-17-8-10-36-13-17/h5-7,9,16-20H,3-4,8,10-14H2,1-2H3,(H,34,35)/t16-,17+,18-,19+,20+/m0/s1. The second-order valence-electron chi connectivity index (χ2n) is 10.5. The van der Waals surface area contributed by atoms with E-state index in [9.17, 15) is 9.90 Å². The number of fused-ring (bicyclic) bond motifs is 1. The molecular weight excluding hydrogens is 504 g/mol. The topological polar surface area (TPSA) is 144 Å². The van der Waals surface area contributed by atoms with Crippen molar-refractivity contribution in [1.82, 2.24) is 29.9 Å². The fourth-order valence-electron chi connectivity index (χ4n) is 6.03. The Morgan fingerprint density at radius 1 is 1.13 bits per heavy atom. The molecule has 0 bridgehead atoms. The van der Waals surface area contributed by atoms with Crippen LogP contribution in [0.3, 0.4) is 0 Å². The summed E-state index contributed by atoms with van der Waals surface area (Å²) in [4.78, 5) is 24.9. The van der Waals surface area contributed by atoms with E-state index in [2.05, 4.69) is 20.3 Å². The number of aryl methyl sites for hydroxylation is 2. The molecule has 3 aromatic rings. The van der Waals surface area contributed by atoms with Gasteiger partial charge in [-0.2, -0.15) is 4.98 Å². The fraction of sp³-hybridized carbons (Fsp3) is 0.556. The molecule has 3 aromatic heterocycles. The summed E-state index contributed by atoms with van der Waals surface area (Å²) in [5.41, 5.74) is 2.71. The molecule has 0 unspecified atom stereocenters. The van der Waals surface area contributed by atoms with Gasteiger partial charge in [0.25, 0.3) is 0 Å². The van der Waals surface area contributed by atoms with Gasteiger partial charge in [-0.1, -0.05) is 5.21 Å². The Balaban J connectivity index is 1.11. The van der Waals surface area contributed by atoms with Crippen molar-refractivity contribution in [1.29, 1.82) is 0 Å². The van der Waals surface area contributed by atoms with Crippen molar-refractivity contribution in [2.75, 3.05) is 13.2 Å². The molecular formula is C27H32N6O6. The summed E-state index contributed by atoms with van der Waals surface area (Å²) in [6, 6.07) is 5.65. The van der Waals surface area contributed by atoms with Gasteiger partial charge in [0.1, 0.15) is 29.8 Å². The number of pyridine rings is 1. The molecule has 1 aliphatic heterocycles. The van der Waals surface area contributed by atoms with E-state index in [-0.39, 0.29) is 36.7 Å². The van der Waals surface area contributed by atoms with Crippen molar-refractivity contribution in [3.8, 4) is 29.0 Å². The van der Waals surface area contributed by atoms with Crippen LogP contribution in [0.2, 0.25) is 0 Å². The molecule has 12 nitrogen and oxygen atoms in total. The molecule has 2 aliphatic carbocycles. The second kappa shape index (κ2) is 10.8. The summed E-state index contributed by atoms with van der Waals surface area (Å²) in [6.07, 6.45) is 5.82. The zero-order valence-electron chi connectivity index (χ0n) is 22.0. The third-order valence-electron chi connectivity index (χ3n) is 8.03. The minimum atomic E-state index is -0.680. The van der Waals surface area contributed by atoms with E-state index >= 15 is 0 Å². The quantitative estimate of drug-likeness (QED) is 0.431. The average molecular weight is 537 g/mol. The number of ether oxygens (including phenoxy) is 4. The first-order valence-electron chi connectivity index (χ1n) is 13.4. The molecule has 1 saturated heterocycles. The number of carbonyl (C=O) groups is 1. The van der Waals surface area contributed by atoms with Crippen LogP contribution in [0.15, 0.2) is 24.4 Å². The highest BCUT2D eigenvalue weighted by Gasteiger charge is 2.47. The van der Waals surface area contributed by atoms with Crippen molar-refractivity contribution in [3.05, 3.63) is 35.8 Å². The lowest BCUT2D eigenvalue weighted by Crippen LogP contribution is -2.21. The van der Waals surface area contributed by atoms with Gasteiger partial charge in [0.2, 0.25) is 5.88 Å². The number of hydrogen-bond acceptors (Lipinski definition) is 10. The van der Waals surface area contributed by atoms with Crippen LogP contribution >= 0.6 is 0 Å². The Kier molecular flexibility index (Phi) is 7.03. The molecule has 206 valence electrons. The van der Waals surface area contributed by atoms with Gasteiger partial charge in [-0.15, -0.1) is 5.10 Å². The van der Waals surface area contributed by atoms with Crippen LogP contribution in [0.1, 0.15) is 43.5 Å². The van der Waals surface area contributed by atoms with Crippen molar-refractivity contribution in [2.24, 2.45) is 24.8 Å². The largest absolute Gasteiger partial charge is 0.489 e. The molecule has 39 heavy (non-hydrogen) atoms. The lowest BCUT2D eigenvalue weighted by atomic mass is 9.92. The maximum Gasteiger partial charge on any atom is 0.320 e. The van der Waals surface area contributed by atoms with Crippen molar-refractivity contribution in [3.63, 3.8) is 0 Å². The van der Waals surface area contributed by atoms with Gasteiger partial charge < -0.3 is 24.1 Å². The molecule has 0 aromatic carbocycles. The first-order valence-corrected chi connectivity index (χ1v) is 13.4. The number of nitrogens with zero attached hydrogens (tertiary/aromatic N) is 6. The molecule has 0 spiro atoms. The lowest BCUT2D eigenvalue weighted by Gasteiger charge is -2.18. The van der Waals surface area contributed by atoms with E-state index in [0.717, 1.165) is 43.5 Å². The Morgan fingerprint density at radius 3 is 2.82 bits per heavy atom. The molecule has 12 heteroatoms. The zero-order valence-corrected chi connectivity index (χ0v) is 22.0. The number of hydrogen-bond donors (Lipinski definition) is 1. The predicted octanol–water partition coefficient (Wildman–Crippen LogP) is 2.99. The first kappa shape index (κ1) is 25.5. The summed E-state index contributed by atoms with van der Waals surface area (Å²) in [7, 11) is 1.79.